The van der Waals surface area contributed by atoms with Crippen LogP contribution < -0.4 is 5.56 Å². The fraction of sp³-hybridized carbons (Fsp3) is 0.143. The van der Waals surface area contributed by atoms with Gasteiger partial charge in [-0.1, -0.05) is 0 Å². The summed E-state index contributed by atoms with van der Waals surface area (Å²) in [6, 6.07) is 6.96. The molecular formula is C14H12N2O5. The molecular weight excluding hydrogens is 276 g/mol. The highest BCUT2D eigenvalue weighted by Crippen LogP contribution is 2.21. The Labute approximate surface area is 119 Å². The summed E-state index contributed by atoms with van der Waals surface area (Å²) < 4.78 is 1.22. The van der Waals surface area contributed by atoms with Gasteiger partial charge >= 0.3 is 5.97 Å². The van der Waals surface area contributed by atoms with Crippen molar-refractivity contribution < 1.29 is 14.8 Å². The van der Waals surface area contributed by atoms with Crippen molar-refractivity contribution in [1.82, 2.24) is 4.57 Å². The molecule has 0 saturated heterocycles. The van der Waals surface area contributed by atoms with Crippen molar-refractivity contribution in [2.45, 2.75) is 13.8 Å². The van der Waals surface area contributed by atoms with E-state index in [-0.39, 0.29) is 11.3 Å². The molecule has 0 spiro atoms. The van der Waals surface area contributed by atoms with E-state index in [2.05, 4.69) is 0 Å². The maximum Gasteiger partial charge on any atom is 0.341 e. The molecule has 7 heteroatoms. The summed E-state index contributed by atoms with van der Waals surface area (Å²) in [6.45, 7) is 3.22. The van der Waals surface area contributed by atoms with E-state index in [0.717, 1.165) is 0 Å². The highest BCUT2D eigenvalue weighted by Gasteiger charge is 2.16. The molecule has 1 aromatic carbocycles. The number of carboxylic acid groups (broad SMARTS) is 1. The van der Waals surface area contributed by atoms with Gasteiger partial charge in [0.15, 0.2) is 0 Å². The first kappa shape index (κ1) is 14.4. The third kappa shape index (κ3) is 2.53. The number of carbonyl (C=O) groups is 1. The summed E-state index contributed by atoms with van der Waals surface area (Å²) in [6.07, 6.45) is 0. The van der Waals surface area contributed by atoms with Crippen LogP contribution >= 0.6 is 0 Å². The topological polar surface area (TPSA) is 102 Å². The Balaban J connectivity index is 2.70. The van der Waals surface area contributed by atoms with Gasteiger partial charge in [-0.15, -0.1) is 0 Å². The number of aromatic nitrogens is 1. The zero-order valence-electron chi connectivity index (χ0n) is 11.4. The molecule has 2 aromatic rings. The van der Waals surface area contributed by atoms with Gasteiger partial charge < -0.3 is 5.11 Å². The molecule has 0 atom stereocenters. The minimum absolute atomic E-state index is 0.0566. The van der Waals surface area contributed by atoms with E-state index in [4.69, 9.17) is 5.11 Å². The molecule has 0 radical (unpaired) electrons. The predicted octanol–water partition coefficient (Wildman–Crippen LogP) is 2.06. The molecule has 2 rings (SSSR count). The van der Waals surface area contributed by atoms with Crippen LogP contribution in [0.2, 0.25) is 0 Å². The largest absolute Gasteiger partial charge is 0.477 e. The molecule has 7 nitrogen and oxygen atoms in total. The van der Waals surface area contributed by atoms with Crippen molar-refractivity contribution in [3.63, 3.8) is 0 Å². The number of hydrogen-bond donors (Lipinski definition) is 1. The van der Waals surface area contributed by atoms with Crippen LogP contribution in [0, 0.1) is 24.0 Å². The Hall–Kier alpha value is -2.96. The molecule has 0 unspecified atom stereocenters. The predicted molar refractivity (Wildman–Crippen MR) is 75.1 cm³/mol. The van der Waals surface area contributed by atoms with E-state index < -0.39 is 16.5 Å². The third-order valence-corrected chi connectivity index (χ3v) is 3.14. The van der Waals surface area contributed by atoms with E-state index in [1.807, 2.05) is 0 Å². The van der Waals surface area contributed by atoms with E-state index in [0.29, 0.717) is 16.9 Å². The molecule has 0 aliphatic rings. The molecule has 0 aliphatic heterocycles. The number of nitro benzene ring substituents is 1. The molecule has 108 valence electrons. The number of nitro groups is 1. The van der Waals surface area contributed by atoms with Crippen molar-refractivity contribution in [3.8, 4) is 5.69 Å². The van der Waals surface area contributed by atoms with E-state index >= 15 is 0 Å². The Morgan fingerprint density at radius 1 is 1.24 bits per heavy atom. The van der Waals surface area contributed by atoms with Crippen molar-refractivity contribution >= 4 is 11.7 Å². The Morgan fingerprint density at radius 2 is 1.90 bits per heavy atom. The van der Waals surface area contributed by atoms with E-state index in [9.17, 15) is 19.7 Å². The van der Waals surface area contributed by atoms with Gasteiger partial charge in [0.25, 0.3) is 11.2 Å². The number of hydrogen-bond acceptors (Lipinski definition) is 4. The summed E-state index contributed by atoms with van der Waals surface area (Å²) in [4.78, 5) is 33.5. The smallest absolute Gasteiger partial charge is 0.341 e. The van der Waals surface area contributed by atoms with Gasteiger partial charge in [-0.3, -0.25) is 19.5 Å². The van der Waals surface area contributed by atoms with Gasteiger partial charge in [0.05, 0.1) is 4.92 Å². The van der Waals surface area contributed by atoms with Crippen LogP contribution in [-0.4, -0.2) is 20.6 Å². The van der Waals surface area contributed by atoms with Crippen LogP contribution in [0.1, 0.15) is 21.6 Å². The number of carboxylic acids is 1. The standard InChI is InChI=1S/C14H12N2O5/c1-8-7-10(4-6-12(8)16(20)21)15-9(2)3-5-11(13(15)17)14(18)19/h3-7H,1-2H3,(H,18,19). The molecule has 1 heterocycles. The van der Waals surface area contributed by atoms with Gasteiger partial charge in [0.2, 0.25) is 0 Å². The zero-order valence-corrected chi connectivity index (χ0v) is 11.4. The maximum absolute atomic E-state index is 12.2. The van der Waals surface area contributed by atoms with Crippen molar-refractivity contribution in [2.24, 2.45) is 0 Å². The average Bonchev–Trinajstić information content (AvgIpc) is 2.37. The Kier molecular flexibility index (Phi) is 3.58. The van der Waals surface area contributed by atoms with Gasteiger partial charge in [-0.05, 0) is 38.1 Å². The number of benzene rings is 1. The van der Waals surface area contributed by atoms with Crippen LogP contribution in [-0.2, 0) is 0 Å². The SMILES string of the molecule is Cc1cc(-n2c(C)ccc(C(=O)O)c2=O)ccc1[N+](=O)[O-]. The molecule has 0 fully saturated rings. The highest BCUT2D eigenvalue weighted by atomic mass is 16.6. The number of aromatic carboxylic acids is 1. The van der Waals surface area contributed by atoms with Crippen molar-refractivity contribution in [3.05, 3.63) is 67.6 Å². The van der Waals surface area contributed by atoms with Gasteiger partial charge in [0.1, 0.15) is 5.56 Å². The lowest BCUT2D eigenvalue weighted by atomic mass is 10.1. The fourth-order valence-electron chi connectivity index (χ4n) is 2.10. The molecule has 21 heavy (non-hydrogen) atoms. The molecule has 0 amide bonds. The summed E-state index contributed by atoms with van der Waals surface area (Å²) in [5.41, 5.74) is 0.248. The van der Waals surface area contributed by atoms with Crippen LogP contribution in [0.15, 0.2) is 35.1 Å². The summed E-state index contributed by atoms with van der Waals surface area (Å²) >= 11 is 0. The van der Waals surface area contributed by atoms with E-state index in [1.54, 1.807) is 13.8 Å². The molecule has 1 N–H and O–H groups in total. The van der Waals surface area contributed by atoms with Gasteiger partial charge in [-0.25, -0.2) is 4.79 Å². The molecule has 1 aromatic heterocycles. The van der Waals surface area contributed by atoms with Crippen molar-refractivity contribution in [2.75, 3.05) is 0 Å². The Bertz CT molecular complexity index is 807. The second-order valence-corrected chi connectivity index (χ2v) is 4.56. The van der Waals surface area contributed by atoms with Gasteiger partial charge in [-0.2, -0.15) is 0 Å². The third-order valence-electron chi connectivity index (χ3n) is 3.14. The lowest BCUT2D eigenvalue weighted by Gasteiger charge is -2.11. The first-order chi connectivity index (χ1) is 9.82. The van der Waals surface area contributed by atoms with Crippen LogP contribution in [0.25, 0.3) is 5.69 Å². The lowest BCUT2D eigenvalue weighted by molar-refractivity contribution is -0.385. The minimum Gasteiger partial charge on any atom is -0.477 e. The normalized spacial score (nSPS) is 10.4. The molecule has 0 bridgehead atoms. The summed E-state index contributed by atoms with van der Waals surface area (Å²) in [7, 11) is 0. The first-order valence-electron chi connectivity index (χ1n) is 6.04. The van der Waals surface area contributed by atoms with Crippen LogP contribution in [0.5, 0.6) is 0 Å². The number of nitrogens with zero attached hydrogens (tertiary/aromatic N) is 2. The maximum atomic E-state index is 12.2. The second-order valence-electron chi connectivity index (χ2n) is 4.56. The molecule has 0 aliphatic carbocycles. The van der Waals surface area contributed by atoms with Gasteiger partial charge in [0, 0.05) is 23.0 Å². The van der Waals surface area contributed by atoms with Crippen LogP contribution in [0.3, 0.4) is 0 Å². The first-order valence-corrected chi connectivity index (χ1v) is 6.04. The number of rotatable bonds is 3. The summed E-state index contributed by atoms with van der Waals surface area (Å²) in [5, 5.41) is 19.8. The highest BCUT2D eigenvalue weighted by molar-refractivity contribution is 5.87. The monoisotopic (exact) mass is 288 g/mol. The van der Waals surface area contributed by atoms with Crippen LogP contribution in [0.4, 0.5) is 5.69 Å². The number of aryl methyl sites for hydroxylation is 2. The summed E-state index contributed by atoms with van der Waals surface area (Å²) in [5.74, 6) is -1.31. The average molecular weight is 288 g/mol. The van der Waals surface area contributed by atoms with E-state index in [1.165, 1.54) is 34.9 Å². The lowest BCUT2D eigenvalue weighted by Crippen LogP contribution is -2.26. The van der Waals surface area contributed by atoms with Crippen molar-refractivity contribution in [1.29, 1.82) is 0 Å². The quantitative estimate of drug-likeness (QED) is 0.687. The second kappa shape index (κ2) is 5.20. The fourth-order valence-corrected chi connectivity index (χ4v) is 2.10. The zero-order chi connectivity index (χ0) is 15.7. The molecule has 0 saturated carbocycles. The number of pyridine rings is 1. The minimum atomic E-state index is -1.31. The Morgan fingerprint density at radius 3 is 2.43 bits per heavy atom.